The molecule has 5 aromatic rings. The number of esters is 1. The number of nitrogens with zero attached hydrogens (tertiary/aromatic N) is 2. The van der Waals surface area contributed by atoms with E-state index in [1.54, 1.807) is 7.11 Å². The Balaban J connectivity index is 1.30. The third-order valence-electron chi connectivity index (χ3n) is 12.7. The number of nitrogens with one attached hydrogen (secondary N) is 1. The summed E-state index contributed by atoms with van der Waals surface area (Å²) in [5.74, 6) is 5.55. The highest BCUT2D eigenvalue weighted by Crippen LogP contribution is 2.65. The minimum Gasteiger partial charge on any atom is -0.497 e. The SMILES string of the molecule is COc1ccc(C#Cc2ccc3c(c2)C2(C(=O)N3)C(C(=O)N3CCCCCCC3)C3C(=O)OC(c4ccccc4)C(c4ccccc4)N3C2c2ccc(OCCO)cc2)cc1. The second-order valence-electron chi connectivity index (χ2n) is 16.2. The number of amides is 2. The lowest BCUT2D eigenvalue weighted by Gasteiger charge is -2.46. The number of methoxy groups -OCH3 is 1. The largest absolute Gasteiger partial charge is 0.497 e. The van der Waals surface area contributed by atoms with Crippen molar-refractivity contribution in [1.82, 2.24) is 9.80 Å². The Hall–Kier alpha value is -6.41. The number of hydrogen-bond acceptors (Lipinski definition) is 8. The van der Waals surface area contributed by atoms with Gasteiger partial charge in [-0.15, -0.1) is 0 Å². The molecule has 6 unspecified atom stereocenters. The van der Waals surface area contributed by atoms with Gasteiger partial charge in [-0.25, -0.2) is 0 Å². The number of benzene rings is 5. The Labute approximate surface area is 356 Å². The summed E-state index contributed by atoms with van der Waals surface area (Å²) in [6.07, 6.45) is 4.01. The number of aliphatic hydroxyl groups excluding tert-OH is 1. The van der Waals surface area contributed by atoms with Gasteiger partial charge in [0.1, 0.15) is 35.7 Å². The minimum absolute atomic E-state index is 0.115. The van der Waals surface area contributed by atoms with Crippen molar-refractivity contribution in [3.8, 4) is 23.3 Å². The molecule has 0 aliphatic carbocycles. The van der Waals surface area contributed by atoms with E-state index in [1.165, 1.54) is 0 Å². The predicted octanol–water partition coefficient (Wildman–Crippen LogP) is 7.53. The molecule has 310 valence electrons. The molecule has 9 rings (SSSR count). The molecule has 0 aromatic heterocycles. The lowest BCUT2D eigenvalue weighted by atomic mass is 9.65. The van der Waals surface area contributed by atoms with Gasteiger partial charge in [-0.2, -0.15) is 0 Å². The molecule has 3 saturated heterocycles. The van der Waals surface area contributed by atoms with Gasteiger partial charge in [-0.1, -0.05) is 104 Å². The highest BCUT2D eigenvalue weighted by Gasteiger charge is 2.74. The van der Waals surface area contributed by atoms with E-state index in [4.69, 9.17) is 14.2 Å². The van der Waals surface area contributed by atoms with Crippen LogP contribution in [0.5, 0.6) is 11.5 Å². The standard InChI is InChI=1S/C51H49N3O7/c1-59-39-24-19-34(20-25-39)17-18-35-21-28-42-41(33-35)51(50(58)52-42)43(48(56)53-29-11-3-2-4-12-30-53)45-49(57)61-46(37-15-9-6-10-16-37)44(36-13-7-5-8-14-36)54(45)47(51)38-22-26-40(27-23-38)60-32-31-55/h5-10,13-16,19-28,33,43-47,55H,2-4,11-12,29-32H2,1H3,(H,52,58). The van der Waals surface area contributed by atoms with Gasteiger partial charge in [0.25, 0.3) is 0 Å². The number of aliphatic hydroxyl groups is 1. The number of cyclic esters (lactones) is 1. The summed E-state index contributed by atoms with van der Waals surface area (Å²) in [6, 6.07) is 37.7. The average molecular weight is 816 g/mol. The van der Waals surface area contributed by atoms with Crippen molar-refractivity contribution in [2.24, 2.45) is 5.92 Å². The van der Waals surface area contributed by atoms with E-state index in [-0.39, 0.29) is 25.0 Å². The van der Waals surface area contributed by atoms with Crippen LogP contribution in [0, 0.1) is 17.8 Å². The van der Waals surface area contributed by atoms with Crippen LogP contribution in [0.25, 0.3) is 0 Å². The van der Waals surface area contributed by atoms with Crippen LogP contribution in [0.1, 0.15) is 83.7 Å². The fourth-order valence-corrected chi connectivity index (χ4v) is 10.0. The summed E-state index contributed by atoms with van der Waals surface area (Å²) in [5.41, 5.74) is 3.43. The molecule has 0 bridgehead atoms. The quantitative estimate of drug-likeness (QED) is 0.122. The molecule has 4 heterocycles. The van der Waals surface area contributed by atoms with Crippen LogP contribution in [0.3, 0.4) is 0 Å². The first-order chi connectivity index (χ1) is 29.9. The Morgan fingerprint density at radius 1 is 0.754 bits per heavy atom. The zero-order chi connectivity index (χ0) is 41.9. The fourth-order valence-electron chi connectivity index (χ4n) is 10.0. The number of morpholine rings is 1. The first-order valence-corrected chi connectivity index (χ1v) is 21.2. The van der Waals surface area contributed by atoms with E-state index in [0.29, 0.717) is 35.7 Å². The van der Waals surface area contributed by atoms with Gasteiger partial charge in [0, 0.05) is 29.9 Å². The van der Waals surface area contributed by atoms with E-state index in [0.717, 1.165) is 60.1 Å². The van der Waals surface area contributed by atoms with Gasteiger partial charge in [0.2, 0.25) is 11.8 Å². The topological polar surface area (TPSA) is 118 Å². The first kappa shape index (κ1) is 40.0. The summed E-state index contributed by atoms with van der Waals surface area (Å²) < 4.78 is 17.8. The van der Waals surface area contributed by atoms with Gasteiger partial charge in [-0.05, 0) is 89.7 Å². The Morgan fingerprint density at radius 3 is 2.05 bits per heavy atom. The van der Waals surface area contributed by atoms with Crippen LogP contribution >= 0.6 is 0 Å². The Bertz CT molecular complexity index is 2440. The van der Waals surface area contributed by atoms with Crippen molar-refractivity contribution >= 4 is 23.5 Å². The van der Waals surface area contributed by atoms with E-state index in [2.05, 4.69) is 22.1 Å². The highest BCUT2D eigenvalue weighted by atomic mass is 16.6. The number of anilines is 1. The molecule has 3 fully saturated rings. The smallest absolute Gasteiger partial charge is 0.324 e. The summed E-state index contributed by atoms with van der Waals surface area (Å²) in [4.78, 5) is 50.6. The van der Waals surface area contributed by atoms with Gasteiger partial charge < -0.3 is 29.5 Å². The molecule has 4 aliphatic heterocycles. The van der Waals surface area contributed by atoms with Crippen LogP contribution in [0.2, 0.25) is 0 Å². The zero-order valence-corrected chi connectivity index (χ0v) is 34.2. The van der Waals surface area contributed by atoms with Crippen LogP contribution in [-0.4, -0.2) is 72.1 Å². The van der Waals surface area contributed by atoms with Gasteiger partial charge >= 0.3 is 5.97 Å². The molecule has 5 aromatic carbocycles. The molecule has 6 atom stereocenters. The number of ether oxygens (including phenoxy) is 3. The Morgan fingerprint density at radius 2 is 1.38 bits per heavy atom. The number of likely N-dealkylation sites (tertiary alicyclic amines) is 1. The molecule has 4 aliphatic rings. The molecule has 10 nitrogen and oxygen atoms in total. The number of hydrogen-bond donors (Lipinski definition) is 2. The summed E-state index contributed by atoms with van der Waals surface area (Å²) in [5, 5.41) is 12.7. The fraction of sp³-hybridized carbons (Fsp3) is 0.314. The lowest BCUT2D eigenvalue weighted by molar-refractivity contribution is -0.179. The molecule has 2 amide bonds. The van der Waals surface area contributed by atoms with Crippen LogP contribution < -0.4 is 14.8 Å². The molecule has 0 radical (unpaired) electrons. The third-order valence-corrected chi connectivity index (χ3v) is 12.7. The van der Waals surface area contributed by atoms with Gasteiger partial charge in [0.05, 0.1) is 31.7 Å². The van der Waals surface area contributed by atoms with Crippen molar-refractivity contribution in [3.05, 3.63) is 161 Å². The Kier molecular flexibility index (Phi) is 11.3. The van der Waals surface area contributed by atoms with E-state index < -0.39 is 41.5 Å². The van der Waals surface area contributed by atoms with E-state index in [1.807, 2.05) is 132 Å². The van der Waals surface area contributed by atoms with E-state index in [9.17, 15) is 5.11 Å². The second-order valence-corrected chi connectivity index (χ2v) is 16.2. The molecule has 2 N–H and O–H groups in total. The molecule has 10 heteroatoms. The van der Waals surface area contributed by atoms with Crippen LogP contribution in [0.15, 0.2) is 127 Å². The summed E-state index contributed by atoms with van der Waals surface area (Å²) in [6.45, 7) is 1.03. The van der Waals surface area contributed by atoms with Gasteiger partial charge in [0.15, 0.2) is 0 Å². The number of carbonyl (C=O) groups is 3. The summed E-state index contributed by atoms with van der Waals surface area (Å²) in [7, 11) is 1.62. The summed E-state index contributed by atoms with van der Waals surface area (Å²) >= 11 is 0. The predicted molar refractivity (Wildman–Crippen MR) is 231 cm³/mol. The van der Waals surface area contributed by atoms with Gasteiger partial charge in [-0.3, -0.25) is 19.3 Å². The lowest BCUT2D eigenvalue weighted by Crippen LogP contribution is -2.55. The van der Waals surface area contributed by atoms with Crippen molar-refractivity contribution in [3.63, 3.8) is 0 Å². The van der Waals surface area contributed by atoms with Crippen molar-refractivity contribution in [1.29, 1.82) is 0 Å². The normalized spacial score (nSPS) is 24.6. The number of fused-ring (bicyclic) bond motifs is 3. The molecular weight excluding hydrogens is 767 g/mol. The maximum atomic E-state index is 15.8. The van der Waals surface area contributed by atoms with E-state index >= 15 is 14.4 Å². The van der Waals surface area contributed by atoms with Crippen molar-refractivity contribution in [2.45, 2.75) is 61.7 Å². The highest BCUT2D eigenvalue weighted by molar-refractivity contribution is 6.12. The number of carbonyl (C=O) groups excluding carboxylic acids is 3. The molecular formula is C51H49N3O7. The molecule has 61 heavy (non-hydrogen) atoms. The third kappa shape index (κ3) is 7.32. The van der Waals surface area contributed by atoms with Crippen LogP contribution in [-0.2, 0) is 24.5 Å². The monoisotopic (exact) mass is 815 g/mol. The van der Waals surface area contributed by atoms with Crippen molar-refractivity contribution < 1.29 is 33.7 Å². The second kappa shape index (κ2) is 17.3. The maximum absolute atomic E-state index is 15.8. The zero-order valence-electron chi connectivity index (χ0n) is 34.2. The maximum Gasteiger partial charge on any atom is 0.324 e. The number of rotatable bonds is 8. The van der Waals surface area contributed by atoms with Crippen molar-refractivity contribution in [2.75, 3.05) is 38.7 Å². The first-order valence-electron chi connectivity index (χ1n) is 21.2. The molecule has 0 saturated carbocycles. The average Bonchev–Trinajstić information content (AvgIpc) is 3.76. The minimum atomic E-state index is -1.61. The van der Waals surface area contributed by atoms with Crippen LogP contribution in [0.4, 0.5) is 5.69 Å². The molecule has 1 spiro atoms.